The number of para-hydroxylation sites is 2. The molecule has 25 heavy (non-hydrogen) atoms. The fourth-order valence-electron chi connectivity index (χ4n) is 2.98. The highest BCUT2D eigenvalue weighted by molar-refractivity contribution is 5.78. The second-order valence-electron chi connectivity index (χ2n) is 5.99. The summed E-state index contributed by atoms with van der Waals surface area (Å²) in [6.07, 6.45) is 1.28. The normalized spacial score (nSPS) is 17.3. The first-order chi connectivity index (χ1) is 12.2. The summed E-state index contributed by atoms with van der Waals surface area (Å²) in [4.78, 5) is 17.3. The molecule has 0 radical (unpaired) electrons. The van der Waals surface area contributed by atoms with E-state index in [1.807, 2.05) is 31.2 Å². The Morgan fingerprint density at radius 3 is 2.84 bits per heavy atom. The van der Waals surface area contributed by atoms with Crippen LogP contribution in [0.2, 0.25) is 0 Å². The Morgan fingerprint density at radius 2 is 2.04 bits per heavy atom. The van der Waals surface area contributed by atoms with Crippen LogP contribution >= 0.6 is 0 Å². The van der Waals surface area contributed by atoms with Crippen molar-refractivity contribution in [2.24, 2.45) is 0 Å². The molecule has 4 rings (SSSR count). The summed E-state index contributed by atoms with van der Waals surface area (Å²) >= 11 is 0. The maximum absolute atomic E-state index is 12.9. The fraction of sp³-hybridized carbons (Fsp3) is 0.263. The Balaban J connectivity index is 1.70. The molecule has 1 aliphatic rings. The van der Waals surface area contributed by atoms with E-state index in [0.29, 0.717) is 29.0 Å². The molecule has 0 saturated heterocycles. The number of aromatic nitrogens is 2. The van der Waals surface area contributed by atoms with Crippen LogP contribution in [0.4, 0.5) is 0 Å². The Bertz CT molecular complexity index is 983. The number of nitrogens with zero attached hydrogens (tertiary/aromatic N) is 2. The average Bonchev–Trinajstić information content (AvgIpc) is 2.67. The number of benzene rings is 2. The van der Waals surface area contributed by atoms with Gasteiger partial charge in [-0.2, -0.15) is 0 Å². The summed E-state index contributed by atoms with van der Waals surface area (Å²) in [5, 5.41) is 0.519. The lowest BCUT2D eigenvalue weighted by Crippen LogP contribution is -2.39. The standard InChI is InChI=1S/C19H18N2O4/c1-12(18-10-24-16-5-3-4-6-17(16)25-18)21-11-20-15-8-7-13(23-2)9-14(15)19(21)22/h3-9,11-12,18H,10H2,1-2H3/t12-,18+/m1/s1. The minimum atomic E-state index is -0.280. The lowest BCUT2D eigenvalue weighted by molar-refractivity contribution is 0.0559. The van der Waals surface area contributed by atoms with Crippen molar-refractivity contribution in [3.8, 4) is 17.2 Å². The number of fused-ring (bicyclic) bond motifs is 2. The second-order valence-corrected chi connectivity index (χ2v) is 5.99. The predicted octanol–water partition coefficient (Wildman–Crippen LogP) is 2.81. The van der Waals surface area contributed by atoms with Crippen molar-refractivity contribution < 1.29 is 14.2 Å². The molecule has 1 aromatic heterocycles. The highest BCUT2D eigenvalue weighted by atomic mass is 16.6. The van der Waals surface area contributed by atoms with Crippen molar-refractivity contribution in [2.75, 3.05) is 13.7 Å². The Morgan fingerprint density at radius 1 is 1.24 bits per heavy atom. The van der Waals surface area contributed by atoms with Gasteiger partial charge in [0.2, 0.25) is 0 Å². The van der Waals surface area contributed by atoms with Gasteiger partial charge in [-0.25, -0.2) is 4.98 Å². The molecule has 0 amide bonds. The Hall–Kier alpha value is -3.02. The first-order valence-corrected chi connectivity index (χ1v) is 8.11. The van der Waals surface area contributed by atoms with Gasteiger partial charge in [-0.1, -0.05) is 12.1 Å². The number of methoxy groups -OCH3 is 1. The number of hydrogen-bond acceptors (Lipinski definition) is 5. The van der Waals surface area contributed by atoms with Gasteiger partial charge < -0.3 is 14.2 Å². The molecule has 1 aliphatic heterocycles. The van der Waals surface area contributed by atoms with Gasteiger partial charge in [0.25, 0.3) is 5.56 Å². The molecule has 2 heterocycles. The van der Waals surface area contributed by atoms with Crippen LogP contribution in [0.5, 0.6) is 17.2 Å². The van der Waals surface area contributed by atoms with Crippen LogP contribution in [0.15, 0.2) is 53.6 Å². The molecule has 2 aromatic carbocycles. The van der Waals surface area contributed by atoms with Gasteiger partial charge in [-0.15, -0.1) is 0 Å². The van der Waals surface area contributed by atoms with E-state index in [9.17, 15) is 4.79 Å². The van der Waals surface area contributed by atoms with Crippen molar-refractivity contribution in [3.05, 3.63) is 59.1 Å². The van der Waals surface area contributed by atoms with E-state index in [1.54, 1.807) is 36.2 Å². The smallest absolute Gasteiger partial charge is 0.261 e. The number of hydrogen-bond donors (Lipinski definition) is 0. The summed E-state index contributed by atoms with van der Waals surface area (Å²) in [7, 11) is 1.57. The van der Waals surface area contributed by atoms with Gasteiger partial charge in [-0.3, -0.25) is 9.36 Å². The van der Waals surface area contributed by atoms with Gasteiger partial charge in [0.15, 0.2) is 17.6 Å². The molecule has 128 valence electrons. The van der Waals surface area contributed by atoms with Gasteiger partial charge in [0.1, 0.15) is 12.4 Å². The third-order valence-corrected chi connectivity index (χ3v) is 4.50. The fourth-order valence-corrected chi connectivity index (χ4v) is 2.98. The molecule has 2 atom stereocenters. The molecule has 0 bridgehead atoms. The number of rotatable bonds is 3. The largest absolute Gasteiger partial charge is 0.497 e. The maximum Gasteiger partial charge on any atom is 0.261 e. The lowest BCUT2D eigenvalue weighted by Gasteiger charge is -2.31. The summed E-state index contributed by atoms with van der Waals surface area (Å²) < 4.78 is 18.6. The van der Waals surface area contributed by atoms with Gasteiger partial charge in [0, 0.05) is 0 Å². The molecule has 0 N–H and O–H groups in total. The van der Waals surface area contributed by atoms with Crippen LogP contribution < -0.4 is 19.8 Å². The van der Waals surface area contributed by atoms with E-state index in [4.69, 9.17) is 14.2 Å². The van der Waals surface area contributed by atoms with Crippen molar-refractivity contribution in [3.63, 3.8) is 0 Å². The molecule has 6 nitrogen and oxygen atoms in total. The third kappa shape index (κ3) is 2.69. The summed E-state index contributed by atoms with van der Waals surface area (Å²) in [6.45, 7) is 2.30. The second kappa shape index (κ2) is 6.12. The highest BCUT2D eigenvalue weighted by Gasteiger charge is 2.28. The van der Waals surface area contributed by atoms with Crippen LogP contribution in [0.1, 0.15) is 13.0 Å². The molecular weight excluding hydrogens is 320 g/mol. The maximum atomic E-state index is 12.9. The number of ether oxygens (including phenoxy) is 3. The topological polar surface area (TPSA) is 62.6 Å². The molecule has 0 aliphatic carbocycles. The first kappa shape index (κ1) is 15.5. The van der Waals surface area contributed by atoms with Crippen LogP contribution in [0.25, 0.3) is 10.9 Å². The molecular formula is C19H18N2O4. The molecule has 6 heteroatoms. The van der Waals surface area contributed by atoms with Gasteiger partial charge in [0.05, 0.1) is 30.4 Å². The van der Waals surface area contributed by atoms with Crippen LogP contribution in [-0.2, 0) is 0 Å². The van der Waals surface area contributed by atoms with Crippen molar-refractivity contribution in [1.82, 2.24) is 9.55 Å². The Kier molecular flexibility index (Phi) is 3.80. The molecule has 0 spiro atoms. The van der Waals surface area contributed by atoms with E-state index in [2.05, 4.69) is 4.98 Å². The predicted molar refractivity (Wildman–Crippen MR) is 93.6 cm³/mol. The SMILES string of the molecule is COc1ccc2ncn([C@H](C)[C@@H]3COc4ccccc4O3)c(=O)c2c1. The van der Waals surface area contributed by atoms with Crippen molar-refractivity contribution >= 4 is 10.9 Å². The van der Waals surface area contributed by atoms with E-state index < -0.39 is 0 Å². The summed E-state index contributed by atoms with van der Waals surface area (Å²) in [5.41, 5.74) is 0.513. The third-order valence-electron chi connectivity index (χ3n) is 4.50. The van der Waals surface area contributed by atoms with Crippen molar-refractivity contribution in [2.45, 2.75) is 19.1 Å². The summed E-state index contributed by atoms with van der Waals surface area (Å²) in [6, 6.07) is 12.6. The lowest BCUT2D eigenvalue weighted by atomic mass is 10.1. The van der Waals surface area contributed by atoms with Crippen LogP contribution in [0.3, 0.4) is 0 Å². The molecule has 0 unspecified atom stereocenters. The average molecular weight is 338 g/mol. The molecule has 3 aromatic rings. The van der Waals surface area contributed by atoms with E-state index in [1.165, 1.54) is 0 Å². The van der Waals surface area contributed by atoms with E-state index >= 15 is 0 Å². The minimum Gasteiger partial charge on any atom is -0.497 e. The Labute approximate surface area is 144 Å². The zero-order valence-electron chi connectivity index (χ0n) is 14.0. The van der Waals surface area contributed by atoms with Gasteiger partial charge in [-0.05, 0) is 37.3 Å². The zero-order valence-corrected chi connectivity index (χ0v) is 14.0. The minimum absolute atomic E-state index is 0.126. The highest BCUT2D eigenvalue weighted by Crippen LogP contribution is 2.33. The van der Waals surface area contributed by atoms with Crippen LogP contribution in [-0.4, -0.2) is 29.4 Å². The monoisotopic (exact) mass is 338 g/mol. The first-order valence-electron chi connectivity index (χ1n) is 8.11. The van der Waals surface area contributed by atoms with Crippen LogP contribution in [0, 0.1) is 0 Å². The van der Waals surface area contributed by atoms with E-state index in [-0.39, 0.29) is 17.7 Å². The van der Waals surface area contributed by atoms with E-state index in [0.717, 1.165) is 5.75 Å². The summed E-state index contributed by atoms with van der Waals surface area (Å²) in [5.74, 6) is 2.04. The molecule has 0 saturated carbocycles. The van der Waals surface area contributed by atoms with Gasteiger partial charge >= 0.3 is 0 Å². The quantitative estimate of drug-likeness (QED) is 0.735. The van der Waals surface area contributed by atoms with Crippen molar-refractivity contribution in [1.29, 1.82) is 0 Å². The molecule has 0 fully saturated rings. The zero-order chi connectivity index (χ0) is 17.4.